The lowest BCUT2D eigenvalue weighted by Crippen LogP contribution is -2.41. The van der Waals surface area contributed by atoms with Crippen LogP contribution in [0.2, 0.25) is 5.02 Å². The molecule has 0 aliphatic carbocycles. The quantitative estimate of drug-likeness (QED) is 0.817. The third-order valence-electron chi connectivity index (χ3n) is 4.28. The number of nitrogens with zero attached hydrogens (tertiary/aromatic N) is 2. The summed E-state index contributed by atoms with van der Waals surface area (Å²) in [6, 6.07) is 4.20. The Labute approximate surface area is 148 Å². The van der Waals surface area contributed by atoms with Crippen LogP contribution in [0, 0.1) is 5.82 Å². The lowest BCUT2D eigenvalue weighted by Gasteiger charge is -2.22. The fourth-order valence-electron chi connectivity index (χ4n) is 3.00. The summed E-state index contributed by atoms with van der Waals surface area (Å²) in [5.74, 6) is -0.504. The van der Waals surface area contributed by atoms with Gasteiger partial charge in [0.15, 0.2) is 0 Å². The number of hydrogen-bond acceptors (Lipinski definition) is 4. The molecule has 3 amide bonds. The van der Waals surface area contributed by atoms with Crippen molar-refractivity contribution in [3.63, 3.8) is 0 Å². The lowest BCUT2D eigenvalue weighted by molar-refractivity contribution is -0.131. The highest BCUT2D eigenvalue weighted by molar-refractivity contribution is 8.14. The van der Waals surface area contributed by atoms with Crippen LogP contribution in [0.1, 0.15) is 18.4 Å². The average molecular weight is 371 g/mol. The number of halogens is 2. The number of amides is 3. The van der Waals surface area contributed by atoms with Gasteiger partial charge in [-0.05, 0) is 30.5 Å². The molecule has 128 valence electrons. The molecule has 24 heavy (non-hydrogen) atoms. The Bertz CT molecular complexity index is 684. The van der Waals surface area contributed by atoms with E-state index in [4.69, 9.17) is 11.6 Å². The number of thioether (sulfide) groups is 1. The van der Waals surface area contributed by atoms with Crippen molar-refractivity contribution in [1.82, 2.24) is 9.80 Å². The zero-order chi connectivity index (χ0) is 17.3. The molecule has 1 unspecified atom stereocenters. The van der Waals surface area contributed by atoms with Crippen LogP contribution in [-0.4, -0.2) is 51.7 Å². The summed E-state index contributed by atoms with van der Waals surface area (Å²) in [6.45, 7) is 0.927. The topological polar surface area (TPSA) is 57.7 Å². The molecule has 2 saturated heterocycles. The molecule has 8 heteroatoms. The first-order valence-electron chi connectivity index (χ1n) is 7.66. The zero-order valence-electron chi connectivity index (χ0n) is 12.8. The fourth-order valence-corrected chi connectivity index (χ4v) is 3.98. The van der Waals surface area contributed by atoms with Gasteiger partial charge in [0.2, 0.25) is 11.8 Å². The van der Waals surface area contributed by atoms with Crippen molar-refractivity contribution < 1.29 is 18.8 Å². The van der Waals surface area contributed by atoms with Crippen LogP contribution in [0.4, 0.5) is 9.18 Å². The maximum atomic E-state index is 13.1. The van der Waals surface area contributed by atoms with Crippen LogP contribution in [0.25, 0.3) is 0 Å². The highest BCUT2D eigenvalue weighted by Crippen LogP contribution is 2.26. The van der Waals surface area contributed by atoms with E-state index in [1.165, 1.54) is 17.0 Å². The molecular formula is C16H16ClFN2O3S. The first kappa shape index (κ1) is 17.2. The summed E-state index contributed by atoms with van der Waals surface area (Å²) in [4.78, 5) is 38.8. The molecule has 5 nitrogen and oxygen atoms in total. The highest BCUT2D eigenvalue weighted by atomic mass is 35.5. The maximum absolute atomic E-state index is 13.1. The Morgan fingerprint density at radius 3 is 2.83 bits per heavy atom. The second-order valence-corrected chi connectivity index (χ2v) is 7.18. The normalized spacial score (nSPS) is 21.0. The molecule has 2 fully saturated rings. The van der Waals surface area contributed by atoms with Gasteiger partial charge in [0.25, 0.3) is 5.24 Å². The third kappa shape index (κ3) is 3.57. The van der Waals surface area contributed by atoms with Crippen molar-refractivity contribution in [3.05, 3.63) is 34.6 Å². The van der Waals surface area contributed by atoms with Gasteiger partial charge in [0.1, 0.15) is 5.82 Å². The van der Waals surface area contributed by atoms with E-state index in [1.54, 1.807) is 11.0 Å². The number of carbonyl (C=O) groups is 3. The standard InChI is InChI=1S/C16H16ClFN2O3S/c17-12-7-10(1-3-13(12)18)2-4-14(21)19-6-5-11(8-19)20-15(22)9-24-16(20)23/h1,3,7,11H,2,4-6,8-9H2. The van der Waals surface area contributed by atoms with E-state index >= 15 is 0 Å². The number of carbonyl (C=O) groups excluding carboxylic acids is 3. The highest BCUT2D eigenvalue weighted by Gasteiger charge is 2.39. The largest absolute Gasteiger partial charge is 0.341 e. The molecular weight excluding hydrogens is 355 g/mol. The number of rotatable bonds is 4. The number of hydrogen-bond donors (Lipinski definition) is 0. The number of imide groups is 1. The lowest BCUT2D eigenvalue weighted by atomic mass is 10.1. The van der Waals surface area contributed by atoms with Crippen molar-refractivity contribution in [2.45, 2.75) is 25.3 Å². The molecule has 1 aromatic rings. The fraction of sp³-hybridized carbons (Fsp3) is 0.438. The van der Waals surface area contributed by atoms with Crippen LogP contribution in [-0.2, 0) is 16.0 Å². The zero-order valence-corrected chi connectivity index (χ0v) is 14.4. The second-order valence-electron chi connectivity index (χ2n) is 5.85. The predicted octanol–water partition coefficient (Wildman–Crippen LogP) is 2.71. The van der Waals surface area contributed by atoms with Gasteiger partial charge in [-0.25, -0.2) is 4.39 Å². The van der Waals surface area contributed by atoms with Gasteiger partial charge in [-0.2, -0.15) is 0 Å². The molecule has 0 bridgehead atoms. The van der Waals surface area contributed by atoms with Crippen LogP contribution in [0.5, 0.6) is 0 Å². The summed E-state index contributed by atoms with van der Waals surface area (Å²) >= 11 is 6.74. The van der Waals surface area contributed by atoms with Gasteiger partial charge in [-0.15, -0.1) is 0 Å². The molecule has 0 radical (unpaired) electrons. The molecule has 1 atom stereocenters. The summed E-state index contributed by atoms with van der Waals surface area (Å²) in [5.41, 5.74) is 0.798. The van der Waals surface area contributed by atoms with Gasteiger partial charge in [-0.3, -0.25) is 19.3 Å². The first-order chi connectivity index (χ1) is 11.5. The minimum Gasteiger partial charge on any atom is -0.341 e. The molecule has 2 aliphatic heterocycles. The number of benzene rings is 1. The summed E-state index contributed by atoms with van der Waals surface area (Å²) in [7, 11) is 0. The van der Waals surface area contributed by atoms with Crippen LogP contribution < -0.4 is 0 Å². The number of aryl methyl sites for hydroxylation is 1. The van der Waals surface area contributed by atoms with E-state index < -0.39 is 5.82 Å². The minimum absolute atomic E-state index is 0.0373. The van der Waals surface area contributed by atoms with Crippen LogP contribution in [0.15, 0.2) is 18.2 Å². The Kier molecular flexibility index (Phi) is 5.10. The molecule has 0 N–H and O–H groups in total. The predicted molar refractivity (Wildman–Crippen MR) is 89.4 cm³/mol. The minimum atomic E-state index is -0.480. The molecule has 2 heterocycles. The van der Waals surface area contributed by atoms with Crippen LogP contribution in [0.3, 0.4) is 0 Å². The van der Waals surface area contributed by atoms with Gasteiger partial charge in [0, 0.05) is 19.5 Å². The Hall–Kier alpha value is -1.60. The van der Waals surface area contributed by atoms with E-state index in [-0.39, 0.29) is 40.3 Å². The van der Waals surface area contributed by atoms with Gasteiger partial charge in [0.05, 0.1) is 16.8 Å². The first-order valence-corrected chi connectivity index (χ1v) is 9.02. The SMILES string of the molecule is O=C(CCc1ccc(F)c(Cl)c1)N1CCC(N2C(=O)CSC2=O)C1. The van der Waals surface area contributed by atoms with E-state index in [9.17, 15) is 18.8 Å². The van der Waals surface area contributed by atoms with Crippen LogP contribution >= 0.6 is 23.4 Å². The smallest absolute Gasteiger partial charge is 0.289 e. The summed E-state index contributed by atoms with van der Waals surface area (Å²) in [5, 5.41) is -0.176. The van der Waals surface area contributed by atoms with Gasteiger partial charge in [-0.1, -0.05) is 29.4 Å². The van der Waals surface area contributed by atoms with Gasteiger partial charge < -0.3 is 4.90 Å². The molecule has 1 aromatic carbocycles. The summed E-state index contributed by atoms with van der Waals surface area (Å²) < 4.78 is 13.1. The maximum Gasteiger partial charge on any atom is 0.289 e. The average Bonchev–Trinajstić information content (AvgIpc) is 3.15. The molecule has 0 saturated carbocycles. The molecule has 0 spiro atoms. The van der Waals surface area contributed by atoms with Crippen molar-refractivity contribution >= 4 is 40.4 Å². The van der Waals surface area contributed by atoms with Gasteiger partial charge >= 0.3 is 0 Å². The third-order valence-corrected chi connectivity index (χ3v) is 5.40. The van der Waals surface area contributed by atoms with Crippen molar-refractivity contribution in [2.75, 3.05) is 18.8 Å². The Morgan fingerprint density at radius 2 is 2.17 bits per heavy atom. The van der Waals surface area contributed by atoms with E-state index in [1.807, 2.05) is 0 Å². The molecule has 0 aromatic heterocycles. The summed E-state index contributed by atoms with van der Waals surface area (Å²) in [6.07, 6.45) is 1.37. The van der Waals surface area contributed by atoms with Crippen molar-refractivity contribution in [2.24, 2.45) is 0 Å². The monoisotopic (exact) mass is 370 g/mol. The molecule has 3 rings (SSSR count). The van der Waals surface area contributed by atoms with E-state index in [2.05, 4.69) is 0 Å². The van der Waals surface area contributed by atoms with E-state index in [0.717, 1.165) is 17.3 Å². The second kappa shape index (κ2) is 7.11. The van der Waals surface area contributed by atoms with Crippen molar-refractivity contribution in [1.29, 1.82) is 0 Å². The van der Waals surface area contributed by atoms with Crippen molar-refractivity contribution in [3.8, 4) is 0 Å². The molecule has 2 aliphatic rings. The van der Waals surface area contributed by atoms with E-state index in [0.29, 0.717) is 25.9 Å². The number of likely N-dealkylation sites (tertiary alicyclic amines) is 1. The Balaban J connectivity index is 1.54. The Morgan fingerprint density at radius 1 is 1.38 bits per heavy atom.